The highest BCUT2D eigenvalue weighted by molar-refractivity contribution is 7.20. The molecule has 23 heavy (non-hydrogen) atoms. The molecule has 1 aromatic heterocycles. The first-order valence-corrected chi connectivity index (χ1v) is 8.96. The van der Waals surface area contributed by atoms with Crippen LogP contribution in [0.1, 0.15) is 36.4 Å². The number of carbonyl (C=O) groups excluding carboxylic acids is 1. The van der Waals surface area contributed by atoms with Crippen LogP contribution in [0.5, 0.6) is 5.75 Å². The molecule has 126 valence electrons. The topological polar surface area (TPSA) is 38.8 Å². The summed E-state index contributed by atoms with van der Waals surface area (Å²) in [6, 6.07) is 7.70. The molecule has 0 aliphatic carbocycles. The van der Waals surface area contributed by atoms with Crippen molar-refractivity contribution in [3.8, 4) is 5.75 Å². The van der Waals surface area contributed by atoms with Crippen LogP contribution >= 0.6 is 11.3 Å². The average Bonchev–Trinajstić information content (AvgIpc) is 3.01. The lowest BCUT2D eigenvalue weighted by Crippen LogP contribution is -2.24. The van der Waals surface area contributed by atoms with E-state index < -0.39 is 0 Å². The molecule has 2 aromatic rings. The summed E-state index contributed by atoms with van der Waals surface area (Å²) in [4.78, 5) is 15.2. The zero-order valence-corrected chi connectivity index (χ0v) is 14.9. The summed E-state index contributed by atoms with van der Waals surface area (Å²) in [5.74, 6) is 0.573. The van der Waals surface area contributed by atoms with Gasteiger partial charge < -0.3 is 14.4 Å². The number of methoxy groups -OCH3 is 1. The molecular weight excluding hydrogens is 310 g/mol. The summed E-state index contributed by atoms with van der Waals surface area (Å²) >= 11 is 1.45. The maximum atomic E-state index is 12.1. The summed E-state index contributed by atoms with van der Waals surface area (Å²) in [6.45, 7) is 8.02. The van der Waals surface area contributed by atoms with Crippen LogP contribution in [0.3, 0.4) is 0 Å². The van der Waals surface area contributed by atoms with Gasteiger partial charge in [-0.2, -0.15) is 0 Å². The minimum absolute atomic E-state index is 0.229. The van der Waals surface area contributed by atoms with Crippen LogP contribution in [0.4, 0.5) is 0 Å². The van der Waals surface area contributed by atoms with Gasteiger partial charge in [-0.25, -0.2) is 4.79 Å². The van der Waals surface area contributed by atoms with Gasteiger partial charge in [0.05, 0.1) is 13.7 Å². The fourth-order valence-electron chi connectivity index (χ4n) is 2.45. The largest absolute Gasteiger partial charge is 0.497 e. The molecule has 0 aliphatic heterocycles. The molecule has 1 heterocycles. The van der Waals surface area contributed by atoms with E-state index in [1.807, 2.05) is 24.3 Å². The molecule has 0 saturated carbocycles. The van der Waals surface area contributed by atoms with E-state index in [4.69, 9.17) is 9.47 Å². The van der Waals surface area contributed by atoms with Crippen molar-refractivity contribution in [2.45, 2.75) is 26.7 Å². The molecule has 2 rings (SSSR count). The Morgan fingerprint density at radius 2 is 1.96 bits per heavy atom. The highest BCUT2D eigenvalue weighted by atomic mass is 32.1. The lowest BCUT2D eigenvalue weighted by molar-refractivity contribution is 0.0501. The van der Waals surface area contributed by atoms with Gasteiger partial charge in [0.15, 0.2) is 0 Å². The van der Waals surface area contributed by atoms with E-state index in [9.17, 15) is 4.79 Å². The van der Waals surface area contributed by atoms with Crippen LogP contribution in [-0.2, 0) is 4.74 Å². The Morgan fingerprint density at radius 3 is 2.65 bits per heavy atom. The second kappa shape index (κ2) is 8.89. The van der Waals surface area contributed by atoms with Crippen molar-refractivity contribution in [2.75, 3.05) is 33.4 Å². The number of nitrogens with zero attached hydrogens (tertiary/aromatic N) is 1. The fourth-order valence-corrected chi connectivity index (χ4v) is 3.44. The maximum absolute atomic E-state index is 12.1. The summed E-state index contributed by atoms with van der Waals surface area (Å²) in [7, 11) is 1.64. The lowest BCUT2D eigenvalue weighted by Gasteiger charge is -2.17. The zero-order chi connectivity index (χ0) is 16.7. The number of benzene rings is 1. The van der Waals surface area contributed by atoms with Crippen molar-refractivity contribution in [1.82, 2.24) is 4.90 Å². The average molecular weight is 335 g/mol. The third-order valence-electron chi connectivity index (χ3n) is 3.92. The molecule has 0 fully saturated rings. The minimum atomic E-state index is -0.229. The van der Waals surface area contributed by atoms with Gasteiger partial charge in [-0.05, 0) is 62.1 Å². The van der Waals surface area contributed by atoms with Crippen LogP contribution in [0.15, 0.2) is 24.3 Å². The Labute approximate surface area is 142 Å². The van der Waals surface area contributed by atoms with Gasteiger partial charge in [0.1, 0.15) is 10.6 Å². The lowest BCUT2D eigenvalue weighted by atomic mass is 10.2. The van der Waals surface area contributed by atoms with Crippen molar-refractivity contribution in [3.05, 3.63) is 29.1 Å². The molecule has 1 aromatic carbocycles. The number of hydrogen-bond acceptors (Lipinski definition) is 5. The maximum Gasteiger partial charge on any atom is 0.348 e. The Hall–Kier alpha value is -1.59. The second-order valence-electron chi connectivity index (χ2n) is 5.38. The predicted octanol–water partition coefficient (Wildman–Crippen LogP) is 4.19. The van der Waals surface area contributed by atoms with E-state index >= 15 is 0 Å². The molecular formula is C18H25NO3S. The summed E-state index contributed by atoms with van der Waals surface area (Å²) < 4.78 is 11.6. The zero-order valence-electron chi connectivity index (χ0n) is 14.1. The molecule has 0 saturated heterocycles. The fraction of sp³-hybridized carbons (Fsp3) is 0.500. The molecule has 4 nitrogen and oxygen atoms in total. The Bertz CT molecular complexity index is 634. The monoisotopic (exact) mass is 335 g/mol. The van der Waals surface area contributed by atoms with Gasteiger partial charge in [0, 0.05) is 4.70 Å². The van der Waals surface area contributed by atoms with Gasteiger partial charge in [-0.1, -0.05) is 13.8 Å². The first-order chi connectivity index (χ1) is 11.2. The van der Waals surface area contributed by atoms with Crippen molar-refractivity contribution < 1.29 is 14.3 Å². The number of esters is 1. The standard InChI is InChI=1S/C18H25NO3S/c1-4-19(5-2)10-6-7-11-22-18(20)17-12-14-8-9-15(21-3)13-16(14)23-17/h8-9,12-13H,4-7,10-11H2,1-3H3. The van der Waals surface area contributed by atoms with Crippen LogP contribution in [0.2, 0.25) is 0 Å². The molecule has 0 aliphatic rings. The van der Waals surface area contributed by atoms with E-state index in [1.165, 1.54) is 11.3 Å². The molecule has 0 N–H and O–H groups in total. The second-order valence-corrected chi connectivity index (χ2v) is 6.47. The van der Waals surface area contributed by atoms with Crippen molar-refractivity contribution >= 4 is 27.4 Å². The number of carbonyl (C=O) groups is 1. The van der Waals surface area contributed by atoms with Crippen molar-refractivity contribution in [2.24, 2.45) is 0 Å². The van der Waals surface area contributed by atoms with E-state index in [-0.39, 0.29) is 5.97 Å². The normalized spacial score (nSPS) is 11.1. The van der Waals surface area contributed by atoms with Crippen molar-refractivity contribution in [1.29, 1.82) is 0 Å². The number of thiophene rings is 1. The number of fused-ring (bicyclic) bond motifs is 1. The van der Waals surface area contributed by atoms with E-state index in [0.29, 0.717) is 11.5 Å². The third kappa shape index (κ3) is 4.94. The Balaban J connectivity index is 1.81. The summed E-state index contributed by atoms with van der Waals surface area (Å²) in [5.41, 5.74) is 0. The smallest absolute Gasteiger partial charge is 0.348 e. The van der Waals surface area contributed by atoms with E-state index in [2.05, 4.69) is 18.7 Å². The Morgan fingerprint density at radius 1 is 1.17 bits per heavy atom. The third-order valence-corrected chi connectivity index (χ3v) is 5.00. The first kappa shape index (κ1) is 17.8. The SMILES string of the molecule is CCN(CC)CCCCOC(=O)c1cc2ccc(OC)cc2s1. The summed E-state index contributed by atoms with van der Waals surface area (Å²) in [5, 5.41) is 1.05. The van der Waals surface area contributed by atoms with Crippen LogP contribution in [0.25, 0.3) is 10.1 Å². The molecule has 0 unspecified atom stereocenters. The number of unbranched alkanes of at least 4 members (excludes halogenated alkanes) is 1. The minimum Gasteiger partial charge on any atom is -0.497 e. The molecule has 0 bridgehead atoms. The molecule has 5 heteroatoms. The van der Waals surface area contributed by atoms with Crippen LogP contribution < -0.4 is 4.74 Å². The first-order valence-electron chi connectivity index (χ1n) is 8.15. The van der Waals surface area contributed by atoms with Crippen LogP contribution in [0, 0.1) is 0 Å². The van der Waals surface area contributed by atoms with Gasteiger partial charge in [0.25, 0.3) is 0 Å². The van der Waals surface area contributed by atoms with E-state index in [1.54, 1.807) is 7.11 Å². The molecule has 0 spiro atoms. The number of ether oxygens (including phenoxy) is 2. The Kier molecular flexibility index (Phi) is 6.86. The molecule has 0 amide bonds. The van der Waals surface area contributed by atoms with E-state index in [0.717, 1.165) is 48.3 Å². The quantitative estimate of drug-likeness (QED) is 0.509. The summed E-state index contributed by atoms with van der Waals surface area (Å²) in [6.07, 6.45) is 1.96. The van der Waals surface area contributed by atoms with Crippen molar-refractivity contribution in [3.63, 3.8) is 0 Å². The molecule has 0 radical (unpaired) electrons. The molecule has 0 atom stereocenters. The van der Waals surface area contributed by atoms with Gasteiger partial charge in [0.2, 0.25) is 0 Å². The highest BCUT2D eigenvalue weighted by Gasteiger charge is 2.12. The predicted molar refractivity (Wildman–Crippen MR) is 95.7 cm³/mol. The van der Waals surface area contributed by atoms with Gasteiger partial charge >= 0.3 is 5.97 Å². The van der Waals surface area contributed by atoms with Gasteiger partial charge in [-0.15, -0.1) is 11.3 Å². The number of rotatable bonds is 9. The van der Waals surface area contributed by atoms with Gasteiger partial charge in [-0.3, -0.25) is 0 Å². The van der Waals surface area contributed by atoms with Crippen LogP contribution in [-0.4, -0.2) is 44.2 Å². The highest BCUT2D eigenvalue weighted by Crippen LogP contribution is 2.29. The number of hydrogen-bond donors (Lipinski definition) is 0.